The molecule has 0 unspecified atom stereocenters. The lowest BCUT2D eigenvalue weighted by atomic mass is 10.4. The number of fused-ring (bicyclic) bond motifs is 1. The van der Waals surface area contributed by atoms with Gasteiger partial charge in [-0.05, 0) is 35.1 Å². The molecule has 0 radical (unpaired) electrons. The third kappa shape index (κ3) is 3.87. The topological polar surface area (TPSA) is 44.1 Å². The Morgan fingerprint density at radius 2 is 2.24 bits per heavy atom. The smallest absolute Gasteiger partial charge is 0.425 e. The Labute approximate surface area is 136 Å². The van der Waals surface area contributed by atoms with Crippen LogP contribution in [0.15, 0.2) is 6.07 Å². The second kappa shape index (κ2) is 6.51. The van der Waals surface area contributed by atoms with Crippen molar-refractivity contribution in [2.24, 2.45) is 0 Å². The second-order valence-corrected chi connectivity index (χ2v) is 6.42. The number of rotatable bonds is 5. The summed E-state index contributed by atoms with van der Waals surface area (Å²) in [7, 11) is 0. The zero-order valence-corrected chi connectivity index (χ0v) is 14.0. The van der Waals surface area contributed by atoms with E-state index in [0.29, 0.717) is 31.9 Å². The molecule has 0 aromatic carbocycles. The Morgan fingerprint density at radius 3 is 2.86 bits per heavy atom. The van der Waals surface area contributed by atoms with E-state index < -0.39 is 17.0 Å². The van der Waals surface area contributed by atoms with Gasteiger partial charge in [-0.15, -0.1) is 11.3 Å². The highest BCUT2D eigenvalue weighted by Crippen LogP contribution is 2.39. The quantitative estimate of drug-likeness (QED) is 0.407. The van der Waals surface area contributed by atoms with Crippen LogP contribution in [0.2, 0.25) is 0 Å². The molecular weight excluding hydrogens is 420 g/mol. The Bertz CT molecular complexity index is 651. The Balaban J connectivity index is 2.20. The molecule has 2 heterocycles. The molecule has 0 spiro atoms. The van der Waals surface area contributed by atoms with Gasteiger partial charge in [0, 0.05) is 0 Å². The summed E-state index contributed by atoms with van der Waals surface area (Å²) in [4.78, 5) is 10.9. The zero-order valence-electron chi connectivity index (χ0n) is 11.0. The van der Waals surface area contributed by atoms with Crippen LogP contribution < -0.4 is 0 Å². The highest BCUT2D eigenvalue weighted by molar-refractivity contribution is 14.1. The molecule has 4 nitrogen and oxygen atoms in total. The van der Waals surface area contributed by atoms with Crippen LogP contribution in [0.25, 0.3) is 10.2 Å². The number of thiophene rings is 1. The van der Waals surface area contributed by atoms with E-state index in [0.717, 1.165) is 18.9 Å². The number of ether oxygens (including phenoxy) is 1. The first-order chi connectivity index (χ1) is 9.82. The predicted octanol–water partition coefficient (Wildman–Crippen LogP) is 4.06. The lowest BCUT2D eigenvalue weighted by Crippen LogP contribution is -2.15. The van der Waals surface area contributed by atoms with Crippen molar-refractivity contribution in [3.8, 4) is 0 Å². The molecule has 0 N–H and O–H groups in total. The fraction of sp³-hybridized carbons (Fsp3) is 0.500. The zero-order chi connectivity index (χ0) is 15.6. The molecule has 9 heteroatoms. The van der Waals surface area contributed by atoms with Crippen LogP contribution >= 0.6 is 33.9 Å². The number of carbonyl (C=O) groups excluding carboxylic acids is 1. The third-order valence-electron chi connectivity index (χ3n) is 2.71. The normalized spacial score (nSPS) is 12.0. The molecule has 2 aromatic rings. The molecule has 116 valence electrons. The first-order valence-electron chi connectivity index (χ1n) is 6.21. The largest absolute Gasteiger partial charge is 0.464 e. The number of carbonyl (C=O) groups is 1. The molecule has 0 bridgehead atoms. The number of aromatic nitrogens is 2. The highest BCUT2D eigenvalue weighted by atomic mass is 127. The van der Waals surface area contributed by atoms with E-state index in [2.05, 4.69) is 5.10 Å². The maximum Gasteiger partial charge on any atom is 0.425 e. The van der Waals surface area contributed by atoms with Gasteiger partial charge < -0.3 is 4.74 Å². The van der Waals surface area contributed by atoms with Crippen LogP contribution in [0, 0.1) is 3.70 Å². The second-order valence-electron chi connectivity index (χ2n) is 4.35. The van der Waals surface area contributed by atoms with E-state index >= 15 is 0 Å². The fourth-order valence-corrected chi connectivity index (χ4v) is 3.45. The van der Waals surface area contributed by atoms with Crippen molar-refractivity contribution in [1.82, 2.24) is 9.78 Å². The summed E-state index contributed by atoms with van der Waals surface area (Å²) >= 11 is 2.49. The predicted molar refractivity (Wildman–Crippen MR) is 81.2 cm³/mol. The average molecular weight is 432 g/mol. The average Bonchev–Trinajstić information content (AvgIpc) is 2.92. The molecule has 0 aliphatic carbocycles. The number of alkyl halides is 3. The molecule has 0 saturated carbocycles. The molecule has 2 rings (SSSR count). The van der Waals surface area contributed by atoms with Gasteiger partial charge in [-0.25, -0.2) is 0 Å². The van der Waals surface area contributed by atoms with Gasteiger partial charge in [0.25, 0.3) is 0 Å². The minimum absolute atomic E-state index is 0.183. The lowest BCUT2D eigenvalue weighted by molar-refractivity contribution is -0.144. The maximum absolute atomic E-state index is 12.7. The van der Waals surface area contributed by atoms with E-state index in [4.69, 9.17) is 4.74 Å². The van der Waals surface area contributed by atoms with Crippen LogP contribution in [-0.2, 0) is 22.3 Å². The monoisotopic (exact) mass is 432 g/mol. The van der Waals surface area contributed by atoms with Gasteiger partial charge in [-0.1, -0.05) is 13.3 Å². The van der Waals surface area contributed by atoms with Crippen LogP contribution in [-0.4, -0.2) is 22.4 Å². The van der Waals surface area contributed by atoms with Crippen molar-refractivity contribution < 1.29 is 22.7 Å². The number of hydrogen-bond acceptors (Lipinski definition) is 4. The number of nitrogens with zero attached hydrogens (tertiary/aromatic N) is 2. The first-order valence-corrected chi connectivity index (χ1v) is 8.11. The SMILES string of the molecule is CCCCOC(=O)Cn1nc(I)c2sc(C(F)(F)F)cc21. The molecule has 21 heavy (non-hydrogen) atoms. The molecule has 0 amide bonds. The molecule has 0 aliphatic heterocycles. The summed E-state index contributed by atoms with van der Waals surface area (Å²) < 4.78 is 45.3. The summed E-state index contributed by atoms with van der Waals surface area (Å²) in [5, 5.41) is 4.09. The van der Waals surface area contributed by atoms with Crippen molar-refractivity contribution in [3.63, 3.8) is 0 Å². The number of unbranched alkanes of at least 4 members (excludes halogenated alkanes) is 1. The van der Waals surface area contributed by atoms with E-state index in [1.54, 1.807) is 0 Å². The first kappa shape index (κ1) is 16.5. The maximum atomic E-state index is 12.7. The Hall–Kier alpha value is -0.840. The summed E-state index contributed by atoms with van der Waals surface area (Å²) in [5.41, 5.74) is 0.309. The van der Waals surface area contributed by atoms with Gasteiger partial charge >= 0.3 is 12.1 Å². The van der Waals surface area contributed by atoms with Gasteiger partial charge in [0.05, 0.1) is 16.8 Å². The highest BCUT2D eigenvalue weighted by Gasteiger charge is 2.34. The molecule has 0 fully saturated rings. The summed E-state index contributed by atoms with van der Waals surface area (Å²) in [6, 6.07) is 1.02. The Morgan fingerprint density at radius 1 is 1.52 bits per heavy atom. The van der Waals surface area contributed by atoms with Crippen LogP contribution in [0.3, 0.4) is 0 Å². The number of hydrogen-bond donors (Lipinski definition) is 0. The van der Waals surface area contributed by atoms with Crippen molar-refractivity contribution in [2.45, 2.75) is 32.5 Å². The van der Waals surface area contributed by atoms with Crippen molar-refractivity contribution >= 4 is 50.1 Å². The molecule has 0 aliphatic rings. The lowest BCUT2D eigenvalue weighted by Gasteiger charge is -2.04. The van der Waals surface area contributed by atoms with Crippen molar-refractivity contribution in [2.75, 3.05) is 6.61 Å². The van der Waals surface area contributed by atoms with E-state index in [1.807, 2.05) is 29.5 Å². The van der Waals surface area contributed by atoms with Crippen LogP contribution in [0.5, 0.6) is 0 Å². The number of esters is 1. The molecule has 0 saturated heterocycles. The minimum atomic E-state index is -4.39. The van der Waals surface area contributed by atoms with E-state index in [-0.39, 0.29) is 6.54 Å². The standard InChI is InChI=1S/C12H12F3IN2O2S/c1-2-3-4-20-9(19)6-18-7-5-8(12(13,14)15)21-10(7)11(16)17-18/h5H,2-4,6H2,1H3. The summed E-state index contributed by atoms with van der Waals surface area (Å²) in [6.45, 7) is 2.10. The van der Waals surface area contributed by atoms with Crippen molar-refractivity contribution in [3.05, 3.63) is 14.6 Å². The van der Waals surface area contributed by atoms with Gasteiger partial charge in [0.1, 0.15) is 15.1 Å². The number of halogens is 4. The summed E-state index contributed by atoms with van der Waals surface area (Å²) in [6.07, 6.45) is -2.73. The Kier molecular flexibility index (Phi) is 5.12. The fourth-order valence-electron chi connectivity index (χ4n) is 1.68. The minimum Gasteiger partial charge on any atom is -0.464 e. The van der Waals surface area contributed by atoms with E-state index in [9.17, 15) is 18.0 Å². The van der Waals surface area contributed by atoms with Crippen molar-refractivity contribution in [1.29, 1.82) is 0 Å². The van der Waals surface area contributed by atoms with Gasteiger partial charge in [0.2, 0.25) is 0 Å². The van der Waals surface area contributed by atoms with E-state index in [1.165, 1.54) is 4.68 Å². The summed E-state index contributed by atoms with van der Waals surface area (Å²) in [5.74, 6) is -0.496. The molecule has 2 aromatic heterocycles. The molecular formula is C12H12F3IN2O2S. The molecule has 0 atom stereocenters. The van der Waals surface area contributed by atoms with Gasteiger partial charge in [-0.2, -0.15) is 18.3 Å². The third-order valence-corrected chi connectivity index (χ3v) is 5.00. The van der Waals surface area contributed by atoms with Crippen LogP contribution in [0.4, 0.5) is 13.2 Å². The van der Waals surface area contributed by atoms with Gasteiger partial charge in [0.15, 0.2) is 0 Å². The van der Waals surface area contributed by atoms with Gasteiger partial charge in [-0.3, -0.25) is 9.48 Å². The van der Waals surface area contributed by atoms with Crippen LogP contribution in [0.1, 0.15) is 24.6 Å².